The van der Waals surface area contributed by atoms with Crippen molar-refractivity contribution < 1.29 is 0 Å². The monoisotopic (exact) mass is 215 g/mol. The van der Waals surface area contributed by atoms with Gasteiger partial charge < -0.3 is 0 Å². The summed E-state index contributed by atoms with van der Waals surface area (Å²) in [6.45, 7) is 11.1. The Morgan fingerprint density at radius 2 is 2.00 bits per heavy atom. The Kier molecular flexibility index (Phi) is 3.34. The average molecular weight is 216 g/mol. The van der Waals surface area contributed by atoms with Crippen molar-refractivity contribution in [3.05, 3.63) is 23.2 Å². The van der Waals surface area contributed by atoms with Crippen LogP contribution in [0.25, 0.3) is 0 Å². The summed E-state index contributed by atoms with van der Waals surface area (Å²) in [6.07, 6.45) is 2.31. The smallest absolute Gasteiger partial charge is 0.0294 e. The van der Waals surface area contributed by atoms with E-state index in [1.54, 1.807) is 0 Å². The molecule has 0 amide bonds. The largest absolute Gasteiger partial charge is 0.298 e. The van der Waals surface area contributed by atoms with Crippen molar-refractivity contribution in [2.75, 3.05) is 19.6 Å². The second-order valence-electron chi connectivity index (χ2n) is 3.04. The molecule has 2 heteroatoms. The Balaban J connectivity index is 2.28. The molecule has 0 aromatic heterocycles. The average Bonchev–Trinajstić information content (AvgIpc) is 1.93. The summed E-state index contributed by atoms with van der Waals surface area (Å²) in [5.74, 6) is 0. The standard InChI is InChI=1S/C9H14BrN/c1-8-3-5-11(6-4-8)7-9(2)10/h1-7H2. The lowest BCUT2D eigenvalue weighted by molar-refractivity contribution is 0.282. The first-order valence-electron chi connectivity index (χ1n) is 3.91. The van der Waals surface area contributed by atoms with Crippen LogP contribution in [-0.4, -0.2) is 24.5 Å². The van der Waals surface area contributed by atoms with E-state index in [2.05, 4.69) is 34.0 Å². The van der Waals surface area contributed by atoms with Crippen LogP contribution in [0.2, 0.25) is 0 Å². The maximum atomic E-state index is 3.97. The number of likely N-dealkylation sites (tertiary alicyclic amines) is 1. The van der Waals surface area contributed by atoms with E-state index in [-0.39, 0.29) is 0 Å². The zero-order valence-electron chi connectivity index (χ0n) is 6.77. The molecule has 1 aliphatic heterocycles. The highest BCUT2D eigenvalue weighted by Gasteiger charge is 2.11. The maximum Gasteiger partial charge on any atom is 0.0294 e. The Morgan fingerprint density at radius 3 is 2.45 bits per heavy atom. The van der Waals surface area contributed by atoms with Gasteiger partial charge in [0.2, 0.25) is 0 Å². The third kappa shape index (κ3) is 3.21. The Labute approximate surface area is 76.9 Å². The van der Waals surface area contributed by atoms with Crippen molar-refractivity contribution in [2.24, 2.45) is 0 Å². The number of hydrogen-bond donors (Lipinski definition) is 0. The third-order valence-corrected chi connectivity index (χ3v) is 2.21. The van der Waals surface area contributed by atoms with Crippen LogP contribution in [0, 0.1) is 0 Å². The molecule has 62 valence electrons. The summed E-state index contributed by atoms with van der Waals surface area (Å²) in [7, 11) is 0. The molecule has 1 saturated heterocycles. The summed E-state index contributed by atoms with van der Waals surface area (Å²) in [5, 5.41) is 0. The SMILES string of the molecule is C=C(Br)CN1CCC(=C)CC1. The Morgan fingerprint density at radius 1 is 1.45 bits per heavy atom. The minimum Gasteiger partial charge on any atom is -0.298 e. The van der Waals surface area contributed by atoms with Gasteiger partial charge in [-0.2, -0.15) is 0 Å². The molecule has 0 radical (unpaired) electrons. The molecular formula is C9H14BrN. The predicted molar refractivity (Wildman–Crippen MR) is 52.9 cm³/mol. The van der Waals surface area contributed by atoms with Gasteiger partial charge in [0.05, 0.1) is 0 Å². The van der Waals surface area contributed by atoms with Gasteiger partial charge in [-0.3, -0.25) is 4.90 Å². The van der Waals surface area contributed by atoms with Gasteiger partial charge in [0, 0.05) is 24.1 Å². The Hall–Kier alpha value is -0.0800. The van der Waals surface area contributed by atoms with E-state index >= 15 is 0 Å². The van der Waals surface area contributed by atoms with Crippen molar-refractivity contribution in [3.63, 3.8) is 0 Å². The van der Waals surface area contributed by atoms with Crippen molar-refractivity contribution >= 4 is 15.9 Å². The first-order valence-corrected chi connectivity index (χ1v) is 4.70. The van der Waals surface area contributed by atoms with Crippen LogP contribution in [-0.2, 0) is 0 Å². The van der Waals surface area contributed by atoms with E-state index < -0.39 is 0 Å². The summed E-state index contributed by atoms with van der Waals surface area (Å²) in [4.78, 5) is 2.39. The molecule has 1 aliphatic rings. The van der Waals surface area contributed by atoms with E-state index in [1.165, 1.54) is 5.57 Å². The number of hydrogen-bond acceptors (Lipinski definition) is 1. The first kappa shape index (κ1) is 9.01. The molecule has 0 aromatic carbocycles. The first-order chi connectivity index (χ1) is 5.18. The van der Waals surface area contributed by atoms with Crippen LogP contribution in [0.4, 0.5) is 0 Å². The molecule has 0 aliphatic carbocycles. The normalized spacial score (nSPS) is 20.3. The minimum atomic E-state index is 0.979. The van der Waals surface area contributed by atoms with E-state index in [0.29, 0.717) is 0 Å². The van der Waals surface area contributed by atoms with Gasteiger partial charge in [-0.25, -0.2) is 0 Å². The lowest BCUT2D eigenvalue weighted by Crippen LogP contribution is -2.31. The van der Waals surface area contributed by atoms with Crippen LogP contribution >= 0.6 is 15.9 Å². The highest BCUT2D eigenvalue weighted by atomic mass is 79.9. The van der Waals surface area contributed by atoms with Crippen molar-refractivity contribution in [1.82, 2.24) is 4.90 Å². The van der Waals surface area contributed by atoms with Crippen molar-refractivity contribution in [3.8, 4) is 0 Å². The quantitative estimate of drug-likeness (QED) is 0.641. The number of rotatable bonds is 2. The van der Waals surface area contributed by atoms with Gasteiger partial charge in [0.25, 0.3) is 0 Å². The fourth-order valence-electron chi connectivity index (χ4n) is 1.27. The molecule has 0 spiro atoms. The zero-order valence-corrected chi connectivity index (χ0v) is 8.36. The molecule has 0 bridgehead atoms. The molecule has 0 aromatic rings. The highest BCUT2D eigenvalue weighted by Crippen LogP contribution is 2.15. The van der Waals surface area contributed by atoms with Gasteiger partial charge in [-0.1, -0.05) is 34.7 Å². The van der Waals surface area contributed by atoms with E-state index in [9.17, 15) is 0 Å². The molecule has 1 fully saturated rings. The van der Waals surface area contributed by atoms with Crippen LogP contribution in [0.1, 0.15) is 12.8 Å². The predicted octanol–water partition coefficient (Wildman–Crippen LogP) is 2.55. The summed E-state index contributed by atoms with van der Waals surface area (Å²) < 4.78 is 1.07. The maximum absolute atomic E-state index is 3.97. The van der Waals surface area contributed by atoms with Crippen LogP contribution < -0.4 is 0 Å². The second-order valence-corrected chi connectivity index (χ2v) is 4.16. The molecule has 0 atom stereocenters. The van der Waals surface area contributed by atoms with Crippen LogP contribution in [0.15, 0.2) is 23.2 Å². The number of halogens is 1. The fraction of sp³-hybridized carbons (Fsp3) is 0.556. The fourth-order valence-corrected chi connectivity index (χ4v) is 1.62. The van der Waals surface area contributed by atoms with E-state index in [1.807, 2.05) is 0 Å². The lowest BCUT2D eigenvalue weighted by Gasteiger charge is -2.27. The van der Waals surface area contributed by atoms with Gasteiger partial charge in [0.1, 0.15) is 0 Å². The molecule has 0 unspecified atom stereocenters. The molecular weight excluding hydrogens is 202 g/mol. The number of piperidine rings is 1. The third-order valence-electron chi connectivity index (χ3n) is 1.96. The van der Waals surface area contributed by atoms with E-state index in [4.69, 9.17) is 0 Å². The van der Waals surface area contributed by atoms with E-state index in [0.717, 1.165) is 37.0 Å². The Bertz CT molecular complexity index is 164. The summed E-state index contributed by atoms with van der Waals surface area (Å²) >= 11 is 3.37. The summed E-state index contributed by atoms with van der Waals surface area (Å²) in [6, 6.07) is 0. The molecule has 0 saturated carbocycles. The zero-order chi connectivity index (χ0) is 8.27. The van der Waals surface area contributed by atoms with Crippen molar-refractivity contribution in [1.29, 1.82) is 0 Å². The molecule has 1 heterocycles. The molecule has 0 N–H and O–H groups in total. The molecule has 11 heavy (non-hydrogen) atoms. The van der Waals surface area contributed by atoms with Gasteiger partial charge in [-0.15, -0.1) is 0 Å². The topological polar surface area (TPSA) is 3.24 Å². The molecule has 1 rings (SSSR count). The van der Waals surface area contributed by atoms with Gasteiger partial charge in [0.15, 0.2) is 0 Å². The summed E-state index contributed by atoms with van der Waals surface area (Å²) in [5.41, 5.74) is 1.39. The second kappa shape index (κ2) is 4.07. The lowest BCUT2D eigenvalue weighted by atomic mass is 10.1. The van der Waals surface area contributed by atoms with Crippen molar-refractivity contribution in [2.45, 2.75) is 12.8 Å². The van der Waals surface area contributed by atoms with Crippen LogP contribution in [0.3, 0.4) is 0 Å². The highest BCUT2D eigenvalue weighted by molar-refractivity contribution is 9.11. The van der Waals surface area contributed by atoms with Crippen LogP contribution in [0.5, 0.6) is 0 Å². The minimum absolute atomic E-state index is 0.979. The van der Waals surface area contributed by atoms with Gasteiger partial charge >= 0.3 is 0 Å². The molecule has 1 nitrogen and oxygen atoms in total. The number of nitrogens with zero attached hydrogens (tertiary/aromatic N) is 1. The van der Waals surface area contributed by atoms with Gasteiger partial charge in [-0.05, 0) is 12.8 Å².